The molecule has 3 aliphatic rings. The third-order valence-corrected chi connectivity index (χ3v) is 8.40. The van der Waals surface area contributed by atoms with Crippen molar-refractivity contribution in [3.05, 3.63) is 30.4 Å². The van der Waals surface area contributed by atoms with Gasteiger partial charge in [0.15, 0.2) is 5.16 Å². The van der Waals surface area contributed by atoms with Gasteiger partial charge in [0.25, 0.3) is 0 Å². The summed E-state index contributed by atoms with van der Waals surface area (Å²) in [6.45, 7) is 4.82. The third kappa shape index (κ3) is 4.24. The van der Waals surface area contributed by atoms with Crippen LogP contribution in [0.2, 0.25) is 0 Å². The van der Waals surface area contributed by atoms with Gasteiger partial charge in [0, 0.05) is 50.6 Å². The number of aromatic nitrogens is 4. The van der Waals surface area contributed by atoms with E-state index in [2.05, 4.69) is 48.7 Å². The Morgan fingerprint density at radius 2 is 2.00 bits per heavy atom. The summed E-state index contributed by atoms with van der Waals surface area (Å²) in [4.78, 5) is 9.57. The standard InChI is InChI=1S/C23H34N6S/c1-27-22(18-7-3-2-4-8-18)25-26-23(27)30-14-6-12-28-16-19-10-13-29(21(19)17-28)20-9-5-11-24-15-20/h5,9,11,15,18-19,21H,2-4,6-8,10,12-14,16-17H2,1H3. The molecule has 2 aliphatic heterocycles. The zero-order chi connectivity index (χ0) is 20.3. The number of anilines is 1. The molecule has 3 fully saturated rings. The number of thioether (sulfide) groups is 1. The maximum atomic E-state index is 4.54. The van der Waals surface area contributed by atoms with Crippen molar-refractivity contribution < 1.29 is 0 Å². The van der Waals surface area contributed by atoms with Crippen LogP contribution < -0.4 is 4.90 Å². The third-order valence-electron chi connectivity index (χ3n) is 7.29. The van der Waals surface area contributed by atoms with Crippen molar-refractivity contribution in [3.63, 3.8) is 0 Å². The fraction of sp³-hybridized carbons (Fsp3) is 0.696. The molecule has 2 aromatic heterocycles. The SMILES string of the molecule is Cn1c(SCCCN2CC3CCN(c4cccnc4)C3C2)nnc1C1CCCCC1. The number of rotatable bonds is 7. The van der Waals surface area contributed by atoms with Crippen LogP contribution in [-0.2, 0) is 7.05 Å². The van der Waals surface area contributed by atoms with E-state index in [0.29, 0.717) is 12.0 Å². The lowest BCUT2D eigenvalue weighted by Gasteiger charge is -2.26. The normalized spacial score (nSPS) is 25.2. The molecule has 0 spiro atoms. The van der Waals surface area contributed by atoms with Crippen LogP contribution in [0.15, 0.2) is 29.7 Å². The summed E-state index contributed by atoms with van der Waals surface area (Å²) in [5.74, 6) is 3.77. The molecule has 30 heavy (non-hydrogen) atoms. The van der Waals surface area contributed by atoms with Gasteiger partial charge in [-0.2, -0.15) is 0 Å². The molecule has 2 unspecified atom stereocenters. The van der Waals surface area contributed by atoms with Crippen molar-refractivity contribution in [2.75, 3.05) is 36.8 Å². The molecule has 4 heterocycles. The van der Waals surface area contributed by atoms with Crippen molar-refractivity contribution >= 4 is 17.4 Å². The molecule has 1 saturated carbocycles. The predicted molar refractivity (Wildman–Crippen MR) is 122 cm³/mol. The van der Waals surface area contributed by atoms with E-state index in [1.54, 1.807) is 0 Å². The van der Waals surface area contributed by atoms with Gasteiger partial charge in [-0.3, -0.25) is 4.98 Å². The van der Waals surface area contributed by atoms with Gasteiger partial charge in [-0.1, -0.05) is 31.0 Å². The highest BCUT2D eigenvalue weighted by molar-refractivity contribution is 7.99. The van der Waals surface area contributed by atoms with Crippen LogP contribution in [0.3, 0.4) is 0 Å². The van der Waals surface area contributed by atoms with Crippen LogP contribution in [0.1, 0.15) is 56.7 Å². The van der Waals surface area contributed by atoms with E-state index >= 15 is 0 Å². The summed E-state index contributed by atoms with van der Waals surface area (Å²) in [6, 6.07) is 4.93. The van der Waals surface area contributed by atoms with E-state index in [1.165, 1.54) is 82.6 Å². The number of fused-ring (bicyclic) bond motifs is 1. The fourth-order valence-corrected chi connectivity index (χ4v) is 6.54. The molecule has 7 heteroatoms. The lowest BCUT2D eigenvalue weighted by Crippen LogP contribution is -2.35. The van der Waals surface area contributed by atoms with E-state index in [-0.39, 0.29) is 0 Å². The minimum absolute atomic E-state index is 0.623. The average Bonchev–Trinajstić information content (AvgIpc) is 3.47. The summed E-state index contributed by atoms with van der Waals surface area (Å²) in [5, 5.41) is 10.1. The molecule has 0 amide bonds. The summed E-state index contributed by atoms with van der Waals surface area (Å²) in [5.41, 5.74) is 1.29. The topological polar surface area (TPSA) is 50.1 Å². The molecule has 0 N–H and O–H groups in total. The molecular formula is C23H34N6S. The van der Waals surface area contributed by atoms with E-state index in [1.807, 2.05) is 24.2 Å². The molecule has 0 bridgehead atoms. The minimum atomic E-state index is 0.623. The van der Waals surface area contributed by atoms with Crippen LogP contribution in [0.25, 0.3) is 0 Å². The maximum Gasteiger partial charge on any atom is 0.190 e. The van der Waals surface area contributed by atoms with Crippen LogP contribution >= 0.6 is 11.8 Å². The van der Waals surface area contributed by atoms with Crippen molar-refractivity contribution in [1.29, 1.82) is 0 Å². The second-order valence-corrected chi connectivity index (χ2v) is 10.3. The number of likely N-dealkylation sites (tertiary alicyclic amines) is 1. The van der Waals surface area contributed by atoms with Gasteiger partial charge >= 0.3 is 0 Å². The maximum absolute atomic E-state index is 4.54. The summed E-state index contributed by atoms with van der Waals surface area (Å²) < 4.78 is 2.26. The largest absolute Gasteiger partial charge is 0.366 e. The van der Waals surface area contributed by atoms with Gasteiger partial charge in [-0.25, -0.2) is 0 Å². The van der Waals surface area contributed by atoms with Crippen LogP contribution in [0.4, 0.5) is 5.69 Å². The van der Waals surface area contributed by atoms with E-state index in [4.69, 9.17) is 0 Å². The molecule has 5 rings (SSSR count). The Bertz CT molecular complexity index is 818. The summed E-state index contributed by atoms with van der Waals surface area (Å²) in [6.07, 6.45) is 13.0. The van der Waals surface area contributed by atoms with Crippen molar-refractivity contribution in [3.8, 4) is 0 Å². The molecule has 0 radical (unpaired) electrons. The Balaban J connectivity index is 1.08. The lowest BCUT2D eigenvalue weighted by molar-refractivity contribution is 0.319. The van der Waals surface area contributed by atoms with Gasteiger partial charge < -0.3 is 14.4 Å². The van der Waals surface area contributed by atoms with Crippen LogP contribution in [-0.4, -0.2) is 62.6 Å². The van der Waals surface area contributed by atoms with Crippen molar-refractivity contribution in [2.45, 2.75) is 62.1 Å². The van der Waals surface area contributed by atoms with Gasteiger partial charge in [0.2, 0.25) is 0 Å². The molecular weight excluding hydrogens is 392 g/mol. The zero-order valence-corrected chi connectivity index (χ0v) is 18.9. The molecule has 0 aromatic carbocycles. The fourth-order valence-electron chi connectivity index (χ4n) is 5.70. The van der Waals surface area contributed by atoms with Gasteiger partial charge in [-0.15, -0.1) is 10.2 Å². The highest BCUT2D eigenvalue weighted by Crippen LogP contribution is 2.35. The summed E-state index contributed by atoms with van der Waals surface area (Å²) in [7, 11) is 2.15. The Morgan fingerprint density at radius 3 is 2.83 bits per heavy atom. The number of hydrogen-bond donors (Lipinski definition) is 0. The summed E-state index contributed by atoms with van der Waals surface area (Å²) >= 11 is 1.88. The molecule has 2 aromatic rings. The molecule has 162 valence electrons. The molecule has 2 atom stereocenters. The van der Waals surface area contributed by atoms with E-state index in [9.17, 15) is 0 Å². The highest BCUT2D eigenvalue weighted by Gasteiger charge is 2.41. The number of hydrogen-bond acceptors (Lipinski definition) is 6. The van der Waals surface area contributed by atoms with Gasteiger partial charge in [-0.05, 0) is 50.3 Å². The van der Waals surface area contributed by atoms with Crippen LogP contribution in [0, 0.1) is 5.92 Å². The Morgan fingerprint density at radius 1 is 1.10 bits per heavy atom. The first-order chi connectivity index (χ1) is 14.8. The Kier molecular flexibility index (Phi) is 6.27. The van der Waals surface area contributed by atoms with Gasteiger partial charge in [0.05, 0.1) is 11.9 Å². The number of pyridine rings is 1. The van der Waals surface area contributed by atoms with Gasteiger partial charge in [0.1, 0.15) is 5.82 Å². The smallest absolute Gasteiger partial charge is 0.190 e. The average molecular weight is 427 g/mol. The van der Waals surface area contributed by atoms with E-state index in [0.717, 1.165) is 16.8 Å². The first-order valence-corrected chi connectivity index (χ1v) is 12.7. The molecule has 6 nitrogen and oxygen atoms in total. The number of nitrogens with zero attached hydrogens (tertiary/aromatic N) is 6. The monoisotopic (exact) mass is 426 g/mol. The first-order valence-electron chi connectivity index (χ1n) is 11.7. The molecule has 1 aliphatic carbocycles. The first kappa shape index (κ1) is 20.3. The predicted octanol–water partition coefficient (Wildman–Crippen LogP) is 3.95. The Labute approximate surface area is 184 Å². The quantitative estimate of drug-likeness (QED) is 0.494. The second kappa shape index (κ2) is 9.27. The van der Waals surface area contributed by atoms with E-state index < -0.39 is 0 Å². The second-order valence-electron chi connectivity index (χ2n) is 9.22. The zero-order valence-electron chi connectivity index (χ0n) is 18.1. The van der Waals surface area contributed by atoms with Crippen LogP contribution in [0.5, 0.6) is 0 Å². The highest BCUT2D eigenvalue weighted by atomic mass is 32.2. The minimum Gasteiger partial charge on any atom is -0.366 e. The Hall–Kier alpha value is -1.60. The van der Waals surface area contributed by atoms with Crippen molar-refractivity contribution in [1.82, 2.24) is 24.6 Å². The van der Waals surface area contributed by atoms with Crippen molar-refractivity contribution in [2.24, 2.45) is 13.0 Å². The lowest BCUT2D eigenvalue weighted by atomic mass is 9.89. The molecule has 2 saturated heterocycles.